The van der Waals surface area contributed by atoms with Crippen molar-refractivity contribution in [1.29, 1.82) is 0 Å². The third kappa shape index (κ3) is 3.15. The molecule has 0 saturated carbocycles. The number of fused-ring (bicyclic) bond motifs is 1. The van der Waals surface area contributed by atoms with E-state index in [1.807, 2.05) is 38.2 Å². The fraction of sp³-hybridized carbons (Fsp3) is 0.389. The van der Waals surface area contributed by atoms with Crippen LogP contribution < -0.4 is 10.6 Å². The summed E-state index contributed by atoms with van der Waals surface area (Å²) in [6.07, 6.45) is 2.05. The van der Waals surface area contributed by atoms with Crippen molar-refractivity contribution in [2.24, 2.45) is 7.05 Å². The molecule has 2 aromatic heterocycles. The second-order valence-corrected chi connectivity index (χ2v) is 6.67. The fourth-order valence-electron chi connectivity index (χ4n) is 3.30. The summed E-state index contributed by atoms with van der Waals surface area (Å²) in [7, 11) is 1.81. The maximum atomic E-state index is 12.6. The lowest BCUT2D eigenvalue weighted by molar-refractivity contribution is 0.102. The molecule has 1 aliphatic rings. The van der Waals surface area contributed by atoms with Crippen LogP contribution in [0.15, 0.2) is 24.3 Å². The van der Waals surface area contributed by atoms with E-state index < -0.39 is 0 Å². The lowest BCUT2D eigenvalue weighted by Gasteiger charge is -2.19. The number of amides is 1. The van der Waals surface area contributed by atoms with Gasteiger partial charge in [0.2, 0.25) is 5.95 Å². The summed E-state index contributed by atoms with van der Waals surface area (Å²) >= 11 is 0. The molecule has 4 rings (SSSR count). The van der Waals surface area contributed by atoms with Crippen LogP contribution in [0.25, 0.3) is 10.9 Å². The standard InChI is InChI=1S/C18H22N6O/c1-11-3-4-13-10-15(20-14(13)9-11)17(25)22-18-21-16(23-24(18)2)12-5-7-19-8-6-12/h3-4,9-10,12,19-20H,5-8H2,1-2H3,(H,21,22,23,25). The molecule has 7 nitrogen and oxygen atoms in total. The van der Waals surface area contributed by atoms with Gasteiger partial charge in [0.1, 0.15) is 5.69 Å². The summed E-state index contributed by atoms with van der Waals surface area (Å²) in [6.45, 7) is 4.00. The van der Waals surface area contributed by atoms with Crippen LogP contribution in [-0.4, -0.2) is 38.7 Å². The number of aryl methyl sites for hydroxylation is 2. The van der Waals surface area contributed by atoms with E-state index in [9.17, 15) is 4.79 Å². The van der Waals surface area contributed by atoms with Gasteiger partial charge >= 0.3 is 0 Å². The Morgan fingerprint density at radius 2 is 2.08 bits per heavy atom. The van der Waals surface area contributed by atoms with Crippen molar-refractivity contribution >= 4 is 22.8 Å². The second kappa shape index (κ2) is 6.33. The van der Waals surface area contributed by atoms with Crippen molar-refractivity contribution in [3.63, 3.8) is 0 Å². The van der Waals surface area contributed by atoms with E-state index >= 15 is 0 Å². The molecular weight excluding hydrogens is 316 g/mol. The molecule has 25 heavy (non-hydrogen) atoms. The second-order valence-electron chi connectivity index (χ2n) is 6.67. The highest BCUT2D eigenvalue weighted by molar-refractivity contribution is 6.05. The number of anilines is 1. The minimum absolute atomic E-state index is 0.207. The molecule has 1 aliphatic heterocycles. The molecule has 130 valence electrons. The number of nitrogens with one attached hydrogen (secondary N) is 3. The molecular formula is C18H22N6O. The van der Waals surface area contributed by atoms with Crippen molar-refractivity contribution < 1.29 is 4.79 Å². The Morgan fingerprint density at radius 3 is 2.88 bits per heavy atom. The van der Waals surface area contributed by atoms with Crippen LogP contribution >= 0.6 is 0 Å². The van der Waals surface area contributed by atoms with Gasteiger partial charge in [-0.05, 0) is 50.6 Å². The Hall–Kier alpha value is -2.67. The van der Waals surface area contributed by atoms with E-state index in [-0.39, 0.29) is 5.91 Å². The first-order valence-corrected chi connectivity index (χ1v) is 8.62. The van der Waals surface area contributed by atoms with Crippen LogP contribution in [0, 0.1) is 6.92 Å². The average molecular weight is 338 g/mol. The van der Waals surface area contributed by atoms with Crippen LogP contribution in [-0.2, 0) is 7.05 Å². The molecule has 3 aromatic rings. The van der Waals surface area contributed by atoms with Crippen LogP contribution in [0.2, 0.25) is 0 Å². The van der Waals surface area contributed by atoms with Crippen LogP contribution in [0.5, 0.6) is 0 Å². The van der Waals surface area contributed by atoms with Gasteiger partial charge in [0, 0.05) is 23.9 Å². The molecule has 3 N–H and O–H groups in total. The summed E-state index contributed by atoms with van der Waals surface area (Å²) in [4.78, 5) is 20.3. The van der Waals surface area contributed by atoms with Gasteiger partial charge in [0.15, 0.2) is 5.82 Å². The van der Waals surface area contributed by atoms with Gasteiger partial charge in [-0.3, -0.25) is 10.1 Å². The number of nitrogens with zero attached hydrogens (tertiary/aromatic N) is 3. The largest absolute Gasteiger partial charge is 0.351 e. The lowest BCUT2D eigenvalue weighted by atomic mass is 9.98. The zero-order valence-corrected chi connectivity index (χ0v) is 14.5. The summed E-state index contributed by atoms with van der Waals surface area (Å²) < 4.78 is 1.64. The van der Waals surface area contributed by atoms with E-state index in [1.165, 1.54) is 0 Å². The number of carbonyl (C=O) groups excluding carboxylic acids is 1. The molecule has 7 heteroatoms. The van der Waals surface area contributed by atoms with Crippen molar-refractivity contribution in [3.8, 4) is 0 Å². The van der Waals surface area contributed by atoms with Crippen molar-refractivity contribution in [3.05, 3.63) is 41.3 Å². The van der Waals surface area contributed by atoms with E-state index in [1.54, 1.807) is 4.68 Å². The SMILES string of the molecule is Cc1ccc2cc(C(=O)Nc3nc(C4CCNCC4)nn3C)[nH]c2c1. The molecule has 1 saturated heterocycles. The van der Waals surface area contributed by atoms with Gasteiger partial charge in [0.05, 0.1) is 0 Å². The number of H-pyrrole nitrogens is 1. The molecule has 0 bridgehead atoms. The monoisotopic (exact) mass is 338 g/mol. The van der Waals surface area contributed by atoms with Gasteiger partial charge in [-0.15, -0.1) is 0 Å². The Labute approximate surface area is 145 Å². The molecule has 3 heterocycles. The summed E-state index contributed by atoms with van der Waals surface area (Å²) in [5.41, 5.74) is 2.63. The zero-order valence-electron chi connectivity index (χ0n) is 14.5. The molecule has 0 radical (unpaired) electrons. The maximum Gasteiger partial charge on any atom is 0.274 e. The first-order chi connectivity index (χ1) is 12.1. The van der Waals surface area contributed by atoms with Gasteiger partial charge in [0.25, 0.3) is 5.91 Å². The maximum absolute atomic E-state index is 12.6. The Kier molecular flexibility index (Phi) is 4.01. The highest BCUT2D eigenvalue weighted by Crippen LogP contribution is 2.23. The molecule has 1 aromatic carbocycles. The van der Waals surface area contributed by atoms with Crippen molar-refractivity contribution in [2.75, 3.05) is 18.4 Å². The molecule has 1 amide bonds. The van der Waals surface area contributed by atoms with Crippen LogP contribution in [0.4, 0.5) is 5.95 Å². The van der Waals surface area contributed by atoms with E-state index in [4.69, 9.17) is 0 Å². The van der Waals surface area contributed by atoms with Crippen LogP contribution in [0.3, 0.4) is 0 Å². The van der Waals surface area contributed by atoms with E-state index in [2.05, 4.69) is 25.7 Å². The van der Waals surface area contributed by atoms with E-state index in [0.717, 1.165) is 48.2 Å². The number of piperidine rings is 1. The Balaban J connectivity index is 1.54. The van der Waals surface area contributed by atoms with Gasteiger partial charge in [-0.25, -0.2) is 4.68 Å². The number of hydrogen-bond acceptors (Lipinski definition) is 4. The highest BCUT2D eigenvalue weighted by Gasteiger charge is 2.21. The molecule has 0 aliphatic carbocycles. The fourth-order valence-corrected chi connectivity index (χ4v) is 3.30. The van der Waals surface area contributed by atoms with Crippen molar-refractivity contribution in [2.45, 2.75) is 25.7 Å². The van der Waals surface area contributed by atoms with Gasteiger partial charge < -0.3 is 10.3 Å². The third-order valence-electron chi connectivity index (χ3n) is 4.73. The average Bonchev–Trinajstić information content (AvgIpc) is 3.19. The van der Waals surface area contributed by atoms with Gasteiger partial charge in [-0.2, -0.15) is 10.1 Å². The first-order valence-electron chi connectivity index (χ1n) is 8.62. The first kappa shape index (κ1) is 15.8. The van der Waals surface area contributed by atoms with E-state index in [0.29, 0.717) is 17.6 Å². The van der Waals surface area contributed by atoms with Gasteiger partial charge in [-0.1, -0.05) is 12.1 Å². The predicted octanol–water partition coefficient (Wildman–Crippen LogP) is 2.32. The summed E-state index contributed by atoms with van der Waals surface area (Å²) in [6, 6.07) is 7.93. The number of aromatic amines is 1. The number of hydrogen-bond donors (Lipinski definition) is 3. The number of rotatable bonds is 3. The summed E-state index contributed by atoms with van der Waals surface area (Å²) in [5.74, 6) is 1.44. The molecule has 0 unspecified atom stereocenters. The number of aromatic nitrogens is 4. The topological polar surface area (TPSA) is 87.6 Å². The molecule has 1 fully saturated rings. The lowest BCUT2D eigenvalue weighted by Crippen LogP contribution is -2.27. The Bertz CT molecular complexity index is 919. The minimum Gasteiger partial charge on any atom is -0.351 e. The number of benzene rings is 1. The highest BCUT2D eigenvalue weighted by atomic mass is 16.2. The molecule has 0 atom stereocenters. The molecule has 0 spiro atoms. The number of carbonyl (C=O) groups is 1. The quantitative estimate of drug-likeness (QED) is 0.684. The minimum atomic E-state index is -0.207. The van der Waals surface area contributed by atoms with Crippen molar-refractivity contribution in [1.82, 2.24) is 25.1 Å². The normalized spacial score (nSPS) is 15.6. The Morgan fingerprint density at radius 1 is 1.28 bits per heavy atom. The zero-order chi connectivity index (χ0) is 17.4. The summed E-state index contributed by atoms with van der Waals surface area (Å²) in [5, 5.41) is 11.7. The van der Waals surface area contributed by atoms with Crippen LogP contribution in [0.1, 0.15) is 40.6 Å². The predicted molar refractivity (Wildman–Crippen MR) is 96.8 cm³/mol. The smallest absolute Gasteiger partial charge is 0.274 e. The third-order valence-corrected chi connectivity index (χ3v) is 4.73.